The molecule has 1 rings (SSSR count). The van der Waals surface area contributed by atoms with Crippen LogP contribution in [0.5, 0.6) is 0 Å². The van der Waals surface area contributed by atoms with Crippen molar-refractivity contribution in [1.29, 1.82) is 0 Å². The van der Waals surface area contributed by atoms with Crippen LogP contribution in [0.4, 0.5) is 0 Å². The standard InChI is InChI=1S/C14H22OSeSi/c1-5-15-12-11-14(17(2,3)4)16-13-9-7-6-8-10-13/h6-12,14H,5H2,1-4H3/b12-11+. The van der Waals surface area contributed by atoms with Crippen LogP contribution in [0, 0.1) is 0 Å². The van der Waals surface area contributed by atoms with E-state index in [1.807, 2.05) is 13.2 Å². The Labute approximate surface area is 112 Å². The number of rotatable bonds is 6. The van der Waals surface area contributed by atoms with Gasteiger partial charge in [-0.1, -0.05) is 0 Å². The van der Waals surface area contributed by atoms with Crippen molar-refractivity contribution in [2.24, 2.45) is 0 Å². The Hall–Kier alpha value is -0.504. The summed E-state index contributed by atoms with van der Waals surface area (Å²) in [6.45, 7) is 10.1. The molecule has 1 aromatic rings. The topological polar surface area (TPSA) is 9.23 Å². The van der Waals surface area contributed by atoms with Gasteiger partial charge in [-0.2, -0.15) is 0 Å². The second kappa shape index (κ2) is 7.05. The van der Waals surface area contributed by atoms with Gasteiger partial charge in [0.2, 0.25) is 0 Å². The third-order valence-electron chi connectivity index (χ3n) is 2.38. The van der Waals surface area contributed by atoms with Crippen molar-refractivity contribution >= 4 is 27.5 Å². The van der Waals surface area contributed by atoms with Gasteiger partial charge in [0.05, 0.1) is 0 Å². The molecule has 0 heterocycles. The van der Waals surface area contributed by atoms with Gasteiger partial charge < -0.3 is 0 Å². The Bertz CT molecular complexity index is 343. The summed E-state index contributed by atoms with van der Waals surface area (Å²) < 4.78 is 7.53. The summed E-state index contributed by atoms with van der Waals surface area (Å²) in [5.74, 6) is 0. The molecule has 1 atom stereocenters. The van der Waals surface area contributed by atoms with E-state index in [-0.39, 0.29) is 0 Å². The summed E-state index contributed by atoms with van der Waals surface area (Å²) in [6, 6.07) is 10.8. The molecule has 1 unspecified atom stereocenters. The molecule has 0 spiro atoms. The van der Waals surface area contributed by atoms with Crippen molar-refractivity contribution in [3.8, 4) is 0 Å². The van der Waals surface area contributed by atoms with Crippen LogP contribution in [-0.4, -0.2) is 29.6 Å². The van der Waals surface area contributed by atoms with Crippen molar-refractivity contribution in [2.45, 2.75) is 31.0 Å². The van der Waals surface area contributed by atoms with Crippen LogP contribution in [0.2, 0.25) is 24.1 Å². The Morgan fingerprint density at radius 3 is 2.41 bits per heavy atom. The predicted octanol–water partition coefficient (Wildman–Crippen LogP) is 3.23. The first-order valence-corrected chi connectivity index (χ1v) is 11.5. The van der Waals surface area contributed by atoms with Gasteiger partial charge in [-0.3, -0.25) is 0 Å². The Morgan fingerprint density at radius 2 is 1.88 bits per heavy atom. The molecule has 0 aliphatic carbocycles. The summed E-state index contributed by atoms with van der Waals surface area (Å²) in [7, 11) is -1.16. The predicted molar refractivity (Wildman–Crippen MR) is 79.7 cm³/mol. The number of ether oxygens (including phenoxy) is 1. The minimum absolute atomic E-state index is 0.513. The summed E-state index contributed by atoms with van der Waals surface area (Å²) in [4.78, 5) is 0. The Kier molecular flexibility index (Phi) is 6.03. The second-order valence-corrected chi connectivity index (χ2v) is 13.8. The second-order valence-electron chi connectivity index (χ2n) is 5.00. The Balaban J connectivity index is 2.71. The van der Waals surface area contributed by atoms with E-state index < -0.39 is 8.07 Å². The molecule has 0 N–H and O–H groups in total. The van der Waals surface area contributed by atoms with Crippen LogP contribution >= 0.6 is 0 Å². The van der Waals surface area contributed by atoms with E-state index in [0.717, 1.165) is 6.61 Å². The van der Waals surface area contributed by atoms with Crippen molar-refractivity contribution in [3.05, 3.63) is 42.7 Å². The molecule has 17 heavy (non-hydrogen) atoms. The SMILES string of the molecule is CCO/C=C/C([Se]c1ccccc1)[Si](C)(C)C. The van der Waals surface area contributed by atoms with Crippen molar-refractivity contribution in [2.75, 3.05) is 6.61 Å². The summed E-state index contributed by atoms with van der Waals surface area (Å²) in [5.41, 5.74) is 0. The molecule has 0 fully saturated rings. The van der Waals surface area contributed by atoms with E-state index in [1.54, 1.807) is 0 Å². The quantitative estimate of drug-likeness (QED) is 0.579. The molecule has 1 aromatic carbocycles. The first-order valence-electron chi connectivity index (χ1n) is 6.04. The number of hydrogen-bond donors (Lipinski definition) is 0. The van der Waals surface area contributed by atoms with Crippen molar-refractivity contribution < 1.29 is 4.74 Å². The molecule has 0 saturated heterocycles. The van der Waals surface area contributed by atoms with Gasteiger partial charge >= 0.3 is 113 Å². The molecule has 0 bridgehead atoms. The molecule has 3 heteroatoms. The van der Waals surface area contributed by atoms with Gasteiger partial charge in [0.1, 0.15) is 0 Å². The number of hydrogen-bond acceptors (Lipinski definition) is 1. The van der Waals surface area contributed by atoms with Gasteiger partial charge in [-0.05, 0) is 0 Å². The van der Waals surface area contributed by atoms with E-state index in [0.29, 0.717) is 19.4 Å². The van der Waals surface area contributed by atoms with Crippen LogP contribution in [0.25, 0.3) is 0 Å². The zero-order valence-electron chi connectivity index (χ0n) is 11.1. The summed E-state index contributed by atoms with van der Waals surface area (Å²) in [5, 5.41) is 0. The van der Waals surface area contributed by atoms with E-state index in [4.69, 9.17) is 4.74 Å². The summed E-state index contributed by atoms with van der Waals surface area (Å²) >= 11 is 0.513. The van der Waals surface area contributed by atoms with Gasteiger partial charge in [-0.25, -0.2) is 0 Å². The molecule has 0 aliphatic rings. The average molecular weight is 313 g/mol. The van der Waals surface area contributed by atoms with E-state index in [1.165, 1.54) is 4.46 Å². The van der Waals surface area contributed by atoms with Crippen LogP contribution in [0.1, 0.15) is 6.92 Å². The third-order valence-corrected chi connectivity index (χ3v) is 11.3. The normalized spacial score (nSPS) is 13.9. The molecular weight excluding hydrogens is 291 g/mol. The first-order chi connectivity index (χ1) is 8.04. The van der Waals surface area contributed by atoms with Crippen LogP contribution in [-0.2, 0) is 4.74 Å². The minimum atomic E-state index is -1.16. The van der Waals surface area contributed by atoms with Crippen LogP contribution in [0.3, 0.4) is 0 Å². The molecule has 0 aliphatic heterocycles. The van der Waals surface area contributed by atoms with Crippen molar-refractivity contribution in [1.82, 2.24) is 0 Å². The van der Waals surface area contributed by atoms with Gasteiger partial charge in [0, 0.05) is 0 Å². The average Bonchev–Trinajstić information content (AvgIpc) is 2.28. The van der Waals surface area contributed by atoms with E-state index in [2.05, 4.69) is 56.0 Å². The molecule has 0 radical (unpaired) electrons. The molecule has 1 nitrogen and oxygen atoms in total. The fraction of sp³-hybridized carbons (Fsp3) is 0.429. The Morgan fingerprint density at radius 1 is 1.24 bits per heavy atom. The van der Waals surface area contributed by atoms with Gasteiger partial charge in [-0.15, -0.1) is 0 Å². The van der Waals surface area contributed by atoms with Crippen LogP contribution in [0.15, 0.2) is 42.7 Å². The molecule has 0 saturated carbocycles. The molecule has 0 amide bonds. The van der Waals surface area contributed by atoms with Crippen molar-refractivity contribution in [3.63, 3.8) is 0 Å². The zero-order chi connectivity index (χ0) is 12.7. The fourth-order valence-electron chi connectivity index (χ4n) is 1.37. The first kappa shape index (κ1) is 14.6. The fourth-order valence-corrected chi connectivity index (χ4v) is 6.89. The number of allylic oxidation sites excluding steroid dienone is 1. The molecular formula is C14H22OSeSi. The van der Waals surface area contributed by atoms with Crippen LogP contribution < -0.4 is 4.46 Å². The van der Waals surface area contributed by atoms with E-state index >= 15 is 0 Å². The third kappa shape index (κ3) is 5.58. The van der Waals surface area contributed by atoms with E-state index in [9.17, 15) is 0 Å². The monoisotopic (exact) mass is 314 g/mol. The van der Waals surface area contributed by atoms with Gasteiger partial charge in [0.25, 0.3) is 0 Å². The maximum absolute atomic E-state index is 5.35. The summed E-state index contributed by atoms with van der Waals surface area (Å²) in [6.07, 6.45) is 4.18. The number of benzene rings is 1. The maximum atomic E-state index is 5.35. The van der Waals surface area contributed by atoms with Gasteiger partial charge in [0.15, 0.2) is 0 Å². The zero-order valence-corrected chi connectivity index (χ0v) is 13.9. The molecule has 94 valence electrons. The molecule has 0 aromatic heterocycles.